The highest BCUT2D eigenvalue weighted by molar-refractivity contribution is 14.1. The summed E-state index contributed by atoms with van der Waals surface area (Å²) in [7, 11) is 0. The molecule has 0 aromatic carbocycles. The van der Waals surface area contributed by atoms with Crippen LogP contribution in [0, 0.1) is 9.85 Å². The maximum absolute atomic E-state index is 3.40. The second kappa shape index (κ2) is 18.3. The summed E-state index contributed by atoms with van der Waals surface area (Å²) in [6.07, 6.45) is 26.1. The zero-order valence-corrected chi connectivity index (χ0v) is 20.5. The fourth-order valence-corrected chi connectivity index (χ4v) is 4.83. The second-order valence-corrected chi connectivity index (χ2v) is 9.49. The molecule has 2 heteroatoms. The zero-order chi connectivity index (χ0) is 19.5. The second-order valence-electron chi connectivity index (χ2n) is 8.95. The van der Waals surface area contributed by atoms with Gasteiger partial charge in [-0.2, -0.15) is 0 Å². The Bertz CT molecular complexity index is 374. The lowest BCUT2D eigenvalue weighted by atomic mass is 10.0. The van der Waals surface area contributed by atoms with Crippen LogP contribution in [-0.4, -0.2) is 30.7 Å². The van der Waals surface area contributed by atoms with E-state index in [0.717, 1.165) is 6.54 Å². The molecule has 0 aromatic rings. The van der Waals surface area contributed by atoms with Gasteiger partial charge < -0.3 is 4.48 Å². The summed E-state index contributed by atoms with van der Waals surface area (Å²) in [5.41, 5.74) is 0. The molecule has 0 aliphatic carbocycles. The van der Waals surface area contributed by atoms with Gasteiger partial charge in [-0.25, -0.2) is 0 Å². The van der Waals surface area contributed by atoms with E-state index in [1.807, 2.05) is 0 Å². The molecule has 0 saturated carbocycles. The van der Waals surface area contributed by atoms with E-state index in [2.05, 4.69) is 39.4 Å². The highest BCUT2D eigenvalue weighted by atomic mass is 127. The third kappa shape index (κ3) is 14.0. The Morgan fingerprint density at radius 1 is 0.630 bits per heavy atom. The molecule has 1 heterocycles. The molecule has 1 aliphatic rings. The van der Waals surface area contributed by atoms with Gasteiger partial charge in [0.1, 0.15) is 6.54 Å². The Balaban J connectivity index is 1.96. The molecule has 0 N–H and O–H groups in total. The Morgan fingerprint density at radius 3 is 1.52 bits per heavy atom. The SMILES string of the molecule is CCCCCCCCCCCCCCCC[N+]1(CC#CI)CCCCCC1. The predicted molar refractivity (Wildman–Crippen MR) is 130 cm³/mol. The van der Waals surface area contributed by atoms with E-state index in [-0.39, 0.29) is 0 Å². The Hall–Kier alpha value is 0.250. The first-order chi connectivity index (χ1) is 13.3. The number of hydrogen-bond donors (Lipinski definition) is 0. The first-order valence-electron chi connectivity index (χ1n) is 12.3. The van der Waals surface area contributed by atoms with Gasteiger partial charge in [0.2, 0.25) is 0 Å². The maximum atomic E-state index is 3.40. The van der Waals surface area contributed by atoms with E-state index in [0.29, 0.717) is 0 Å². The summed E-state index contributed by atoms with van der Waals surface area (Å²) < 4.78 is 4.42. The van der Waals surface area contributed by atoms with E-state index in [4.69, 9.17) is 0 Å². The third-order valence-electron chi connectivity index (χ3n) is 6.48. The van der Waals surface area contributed by atoms with Crippen LogP contribution in [0.4, 0.5) is 0 Å². The van der Waals surface area contributed by atoms with E-state index in [1.54, 1.807) is 0 Å². The molecular formula is C25H47IN+. The van der Waals surface area contributed by atoms with Gasteiger partial charge in [0.25, 0.3) is 0 Å². The molecule has 1 nitrogen and oxygen atoms in total. The molecule has 158 valence electrons. The summed E-state index contributed by atoms with van der Waals surface area (Å²) in [5, 5.41) is 0. The van der Waals surface area contributed by atoms with Crippen LogP contribution in [0.2, 0.25) is 0 Å². The van der Waals surface area contributed by atoms with Crippen molar-refractivity contribution in [2.75, 3.05) is 26.2 Å². The monoisotopic (exact) mass is 488 g/mol. The van der Waals surface area contributed by atoms with Gasteiger partial charge in [0.05, 0.1) is 19.6 Å². The zero-order valence-electron chi connectivity index (χ0n) is 18.4. The van der Waals surface area contributed by atoms with Crippen molar-refractivity contribution in [1.82, 2.24) is 0 Å². The average Bonchev–Trinajstić information content (AvgIpc) is 2.93. The van der Waals surface area contributed by atoms with Crippen LogP contribution < -0.4 is 0 Å². The lowest BCUT2D eigenvalue weighted by Crippen LogP contribution is -2.49. The van der Waals surface area contributed by atoms with Gasteiger partial charge in [0, 0.05) is 22.6 Å². The van der Waals surface area contributed by atoms with Crippen LogP contribution in [0.5, 0.6) is 0 Å². The van der Waals surface area contributed by atoms with Crippen molar-refractivity contribution in [3.8, 4) is 9.85 Å². The summed E-state index contributed by atoms with van der Waals surface area (Å²) in [4.78, 5) is 0. The van der Waals surface area contributed by atoms with Gasteiger partial charge in [-0.05, 0) is 48.4 Å². The minimum absolute atomic E-state index is 1.10. The lowest BCUT2D eigenvalue weighted by Gasteiger charge is -2.36. The van der Waals surface area contributed by atoms with Crippen molar-refractivity contribution in [2.45, 2.75) is 122 Å². The van der Waals surface area contributed by atoms with Crippen LogP contribution in [0.15, 0.2) is 0 Å². The van der Waals surface area contributed by atoms with Gasteiger partial charge >= 0.3 is 0 Å². The summed E-state index contributed by atoms with van der Waals surface area (Å²) in [5.74, 6) is 3.40. The predicted octanol–water partition coefficient (Wildman–Crippen LogP) is 8.25. The molecular weight excluding hydrogens is 441 g/mol. The number of rotatable bonds is 16. The van der Waals surface area contributed by atoms with Crippen molar-refractivity contribution >= 4 is 22.6 Å². The molecule has 0 amide bonds. The molecule has 27 heavy (non-hydrogen) atoms. The van der Waals surface area contributed by atoms with Crippen molar-refractivity contribution in [1.29, 1.82) is 0 Å². The van der Waals surface area contributed by atoms with Crippen LogP contribution in [-0.2, 0) is 0 Å². The molecule has 1 fully saturated rings. The first kappa shape index (κ1) is 25.3. The maximum Gasteiger partial charge on any atom is 0.141 e. The molecule has 1 saturated heterocycles. The summed E-state index contributed by atoms with van der Waals surface area (Å²) in [6, 6.07) is 0. The number of unbranched alkanes of at least 4 members (excludes halogenated alkanes) is 13. The Labute approximate surface area is 185 Å². The summed E-state index contributed by atoms with van der Waals surface area (Å²) in [6.45, 7) is 7.54. The van der Waals surface area contributed by atoms with E-state index in [9.17, 15) is 0 Å². The highest BCUT2D eigenvalue weighted by Gasteiger charge is 2.26. The van der Waals surface area contributed by atoms with Gasteiger partial charge in [-0.3, -0.25) is 0 Å². The number of hydrogen-bond acceptors (Lipinski definition) is 0. The van der Waals surface area contributed by atoms with E-state index >= 15 is 0 Å². The molecule has 1 rings (SSSR count). The lowest BCUT2D eigenvalue weighted by molar-refractivity contribution is -0.921. The van der Waals surface area contributed by atoms with Crippen LogP contribution in [0.1, 0.15) is 122 Å². The molecule has 0 atom stereocenters. The highest BCUT2D eigenvalue weighted by Crippen LogP contribution is 2.20. The quantitative estimate of drug-likeness (QED) is 0.0888. The smallest absolute Gasteiger partial charge is 0.141 e. The average molecular weight is 489 g/mol. The molecule has 0 bridgehead atoms. The standard InChI is InChI=1S/C25H47IN/c1-2-3-4-5-6-7-8-9-10-11-12-13-14-17-22-27(25-20-21-26)23-18-15-16-19-24-27/h2-19,22-25H2,1H3/q+1. The molecule has 0 radical (unpaired) electrons. The molecule has 0 aromatic heterocycles. The van der Waals surface area contributed by atoms with Crippen molar-refractivity contribution in [3.05, 3.63) is 0 Å². The van der Waals surface area contributed by atoms with Crippen LogP contribution in [0.3, 0.4) is 0 Å². The number of nitrogens with zero attached hydrogens (tertiary/aromatic N) is 1. The minimum Gasteiger partial charge on any atom is -0.313 e. The Morgan fingerprint density at radius 2 is 1.07 bits per heavy atom. The summed E-state index contributed by atoms with van der Waals surface area (Å²) >= 11 is 2.21. The van der Waals surface area contributed by atoms with Crippen molar-refractivity contribution in [3.63, 3.8) is 0 Å². The normalized spacial score (nSPS) is 16.5. The number of likely N-dealkylation sites (tertiary alicyclic amines) is 1. The topological polar surface area (TPSA) is 0 Å². The van der Waals surface area contributed by atoms with Gasteiger partial charge in [-0.1, -0.05) is 84.0 Å². The molecule has 0 spiro atoms. The van der Waals surface area contributed by atoms with Crippen LogP contribution >= 0.6 is 22.6 Å². The van der Waals surface area contributed by atoms with E-state index < -0.39 is 0 Å². The largest absolute Gasteiger partial charge is 0.313 e. The van der Waals surface area contributed by atoms with Crippen LogP contribution in [0.25, 0.3) is 0 Å². The first-order valence-corrected chi connectivity index (χ1v) is 13.3. The van der Waals surface area contributed by atoms with Crippen molar-refractivity contribution < 1.29 is 4.48 Å². The van der Waals surface area contributed by atoms with Gasteiger partial charge in [0.15, 0.2) is 0 Å². The number of quaternary nitrogens is 1. The fraction of sp³-hybridized carbons (Fsp3) is 0.920. The minimum atomic E-state index is 1.10. The van der Waals surface area contributed by atoms with E-state index in [1.165, 1.54) is 140 Å². The van der Waals surface area contributed by atoms with Crippen molar-refractivity contribution in [2.24, 2.45) is 0 Å². The number of halogens is 1. The molecule has 1 aliphatic heterocycles. The molecule has 0 unspecified atom stereocenters. The Kier molecular flexibility index (Phi) is 17.1. The fourth-order valence-electron chi connectivity index (χ4n) is 4.66. The third-order valence-corrected chi connectivity index (χ3v) is 6.86. The van der Waals surface area contributed by atoms with Gasteiger partial charge in [-0.15, -0.1) is 0 Å².